The summed E-state index contributed by atoms with van der Waals surface area (Å²) >= 11 is 1.45. The number of carbonyl (C=O) groups is 1. The van der Waals surface area contributed by atoms with Crippen molar-refractivity contribution in [2.45, 2.75) is 63.0 Å². The number of hydrogen-bond donors (Lipinski definition) is 2. The van der Waals surface area contributed by atoms with Gasteiger partial charge in [-0.2, -0.15) is 0 Å². The van der Waals surface area contributed by atoms with Crippen molar-refractivity contribution in [3.05, 3.63) is 30.1 Å². The number of methoxy groups -OCH3 is 1. The number of amides is 1. The minimum atomic E-state index is -0.316. The molecule has 7 nitrogen and oxygen atoms in total. The number of unbranched alkanes of at least 4 members (excludes halogenated alkanes) is 1. The maximum Gasteiger partial charge on any atom is 0.237 e. The highest BCUT2D eigenvalue weighted by Gasteiger charge is 2.26. The fourth-order valence-electron chi connectivity index (χ4n) is 3.21. The molecule has 0 aliphatic carbocycles. The predicted octanol–water partition coefficient (Wildman–Crippen LogP) is 2.80. The Bertz CT molecular complexity index is 793. The highest BCUT2D eigenvalue weighted by Crippen LogP contribution is 2.28. The summed E-state index contributed by atoms with van der Waals surface area (Å²) in [5.41, 5.74) is 0.669. The number of para-hydroxylation sites is 2. The summed E-state index contributed by atoms with van der Waals surface area (Å²) in [4.78, 5) is 14.1. The van der Waals surface area contributed by atoms with Gasteiger partial charge >= 0.3 is 0 Å². The third-order valence-corrected chi connectivity index (χ3v) is 5.99. The number of nitrogens with one attached hydrogen (secondary N) is 2. The van der Waals surface area contributed by atoms with Gasteiger partial charge in [-0.25, -0.2) is 0 Å². The average molecular weight is 421 g/mol. The molecule has 2 aromatic rings. The lowest BCUT2D eigenvalue weighted by molar-refractivity contribution is -0.893. The molecule has 0 fully saturated rings. The zero-order valence-corrected chi connectivity index (χ0v) is 19.2. The van der Waals surface area contributed by atoms with Gasteiger partial charge in [0, 0.05) is 13.0 Å². The number of ether oxygens (including phenoxy) is 1. The molecular formula is C21H34N5O2S+. The third-order valence-electron chi connectivity index (χ3n) is 4.91. The number of rotatable bonds is 11. The quantitative estimate of drug-likeness (QED) is 0.547. The summed E-state index contributed by atoms with van der Waals surface area (Å²) in [5, 5.41) is 12.4. The molecule has 2 N–H and O–H groups in total. The van der Waals surface area contributed by atoms with Crippen LogP contribution >= 0.6 is 11.8 Å². The van der Waals surface area contributed by atoms with Crippen LogP contribution in [0.25, 0.3) is 0 Å². The van der Waals surface area contributed by atoms with E-state index in [4.69, 9.17) is 4.74 Å². The van der Waals surface area contributed by atoms with Gasteiger partial charge in [0.25, 0.3) is 0 Å². The molecular weight excluding hydrogens is 386 g/mol. The van der Waals surface area contributed by atoms with Crippen LogP contribution in [0.2, 0.25) is 0 Å². The summed E-state index contributed by atoms with van der Waals surface area (Å²) < 4.78 is 7.52. The van der Waals surface area contributed by atoms with Gasteiger partial charge in [-0.15, -0.1) is 10.2 Å². The van der Waals surface area contributed by atoms with E-state index in [-0.39, 0.29) is 17.2 Å². The Labute approximate surface area is 178 Å². The van der Waals surface area contributed by atoms with Gasteiger partial charge < -0.3 is 19.5 Å². The van der Waals surface area contributed by atoms with E-state index < -0.39 is 0 Å². The van der Waals surface area contributed by atoms with Crippen molar-refractivity contribution in [2.24, 2.45) is 0 Å². The van der Waals surface area contributed by atoms with E-state index >= 15 is 0 Å². The topological polar surface area (TPSA) is 73.5 Å². The molecule has 0 aliphatic heterocycles. The zero-order valence-electron chi connectivity index (χ0n) is 18.4. The molecule has 0 aliphatic rings. The fraction of sp³-hybridized carbons (Fsp3) is 0.571. The van der Waals surface area contributed by atoms with Crippen LogP contribution < -0.4 is 15.0 Å². The smallest absolute Gasteiger partial charge is 0.237 e. The van der Waals surface area contributed by atoms with Gasteiger partial charge in [0.1, 0.15) is 11.8 Å². The second-order valence-corrected chi connectivity index (χ2v) is 8.64. The number of carbonyl (C=O) groups excluding carboxylic acids is 1. The molecule has 29 heavy (non-hydrogen) atoms. The van der Waals surface area contributed by atoms with E-state index in [1.54, 1.807) is 7.11 Å². The molecule has 0 saturated heterocycles. The third kappa shape index (κ3) is 5.96. The Hall–Kier alpha value is -2.06. The molecule has 1 amide bonds. The first kappa shape index (κ1) is 23.2. The zero-order chi connectivity index (χ0) is 21.4. The number of nitrogens with zero attached hydrogens (tertiary/aromatic N) is 3. The van der Waals surface area contributed by atoms with Crippen molar-refractivity contribution < 1.29 is 14.4 Å². The van der Waals surface area contributed by atoms with E-state index in [1.165, 1.54) is 16.7 Å². The van der Waals surface area contributed by atoms with Gasteiger partial charge in [-0.1, -0.05) is 44.2 Å². The molecule has 0 radical (unpaired) electrons. The highest BCUT2D eigenvalue weighted by molar-refractivity contribution is 8.00. The molecule has 1 aromatic carbocycles. The minimum Gasteiger partial charge on any atom is -0.495 e. The van der Waals surface area contributed by atoms with Crippen molar-refractivity contribution in [3.8, 4) is 5.75 Å². The van der Waals surface area contributed by atoms with Crippen LogP contribution in [0.5, 0.6) is 5.75 Å². The van der Waals surface area contributed by atoms with Crippen LogP contribution in [0.15, 0.2) is 29.4 Å². The molecule has 160 valence electrons. The van der Waals surface area contributed by atoms with Gasteiger partial charge in [0.05, 0.1) is 32.1 Å². The first-order valence-electron chi connectivity index (χ1n) is 10.3. The molecule has 1 aromatic heterocycles. The molecule has 1 heterocycles. The second-order valence-electron chi connectivity index (χ2n) is 7.33. The Balaban J connectivity index is 2.18. The van der Waals surface area contributed by atoms with Crippen LogP contribution in [0.1, 0.15) is 51.9 Å². The Morgan fingerprint density at radius 2 is 2.00 bits per heavy atom. The molecule has 0 bridgehead atoms. The van der Waals surface area contributed by atoms with E-state index in [0.717, 1.165) is 36.8 Å². The standard InChI is InChI=1S/C21H33N5O2S/c1-7-9-14-26-19(17(8-2)25(4)5)23-24-21(26)29-15(3)20(27)22-16-12-10-11-13-18(16)28-6/h10-13,15,17H,7-9,14H2,1-6H3,(H,22,27)/p+1/t15-,17-/m1/s1. The molecule has 0 saturated carbocycles. The number of benzene rings is 1. The second kappa shape index (κ2) is 11.2. The predicted molar refractivity (Wildman–Crippen MR) is 118 cm³/mol. The van der Waals surface area contributed by atoms with Gasteiger partial charge in [-0.3, -0.25) is 4.79 Å². The highest BCUT2D eigenvalue weighted by atomic mass is 32.2. The Kier molecular flexibility index (Phi) is 8.98. The molecule has 8 heteroatoms. The summed E-state index contributed by atoms with van der Waals surface area (Å²) in [6.45, 7) is 7.11. The van der Waals surface area contributed by atoms with Crippen molar-refractivity contribution in [1.82, 2.24) is 14.8 Å². The van der Waals surface area contributed by atoms with E-state index in [9.17, 15) is 4.79 Å². The first-order chi connectivity index (χ1) is 13.9. The van der Waals surface area contributed by atoms with Crippen molar-refractivity contribution >= 4 is 23.4 Å². The Morgan fingerprint density at radius 3 is 2.62 bits per heavy atom. The maximum absolute atomic E-state index is 12.8. The largest absolute Gasteiger partial charge is 0.495 e. The van der Waals surface area contributed by atoms with Crippen LogP contribution in [0.4, 0.5) is 5.69 Å². The van der Waals surface area contributed by atoms with E-state index in [0.29, 0.717) is 11.4 Å². The van der Waals surface area contributed by atoms with E-state index in [2.05, 4.69) is 48.0 Å². The van der Waals surface area contributed by atoms with Crippen LogP contribution in [0.3, 0.4) is 0 Å². The van der Waals surface area contributed by atoms with Gasteiger partial charge in [0.15, 0.2) is 11.0 Å². The van der Waals surface area contributed by atoms with Crippen molar-refractivity contribution in [1.29, 1.82) is 0 Å². The number of hydrogen-bond acceptors (Lipinski definition) is 5. The summed E-state index contributed by atoms with van der Waals surface area (Å²) in [7, 11) is 5.88. The van der Waals surface area contributed by atoms with Crippen molar-refractivity contribution in [3.63, 3.8) is 0 Å². The van der Waals surface area contributed by atoms with Crippen LogP contribution in [-0.2, 0) is 11.3 Å². The monoisotopic (exact) mass is 420 g/mol. The normalized spacial score (nSPS) is 13.3. The van der Waals surface area contributed by atoms with Crippen molar-refractivity contribution in [2.75, 3.05) is 26.5 Å². The molecule has 0 spiro atoms. The lowest BCUT2D eigenvalue weighted by atomic mass is 10.2. The average Bonchev–Trinajstić information content (AvgIpc) is 3.09. The maximum atomic E-state index is 12.8. The van der Waals surface area contributed by atoms with Gasteiger partial charge in [-0.05, 0) is 25.5 Å². The number of quaternary nitrogens is 1. The fourth-order valence-corrected chi connectivity index (χ4v) is 4.10. The van der Waals surface area contributed by atoms with Crippen LogP contribution in [0, 0.1) is 0 Å². The number of aromatic nitrogens is 3. The Morgan fingerprint density at radius 1 is 1.28 bits per heavy atom. The SMILES string of the molecule is CCCCn1c(S[C@H](C)C(=O)Nc2ccccc2OC)nnc1[C@@H](CC)[NH+](C)C. The number of thioether (sulfide) groups is 1. The van der Waals surface area contributed by atoms with Crippen LogP contribution in [-0.4, -0.2) is 47.1 Å². The molecule has 0 unspecified atom stereocenters. The van der Waals surface area contributed by atoms with Gasteiger partial charge in [0.2, 0.25) is 5.91 Å². The molecule has 2 rings (SSSR count). The minimum absolute atomic E-state index is 0.0867. The summed E-state index contributed by atoms with van der Waals surface area (Å²) in [5.74, 6) is 1.56. The lowest BCUT2D eigenvalue weighted by Crippen LogP contribution is -3.06. The summed E-state index contributed by atoms with van der Waals surface area (Å²) in [6, 6.07) is 7.70. The number of anilines is 1. The first-order valence-corrected chi connectivity index (χ1v) is 11.1. The molecule has 2 atom stereocenters. The lowest BCUT2D eigenvalue weighted by Gasteiger charge is -2.21. The van der Waals surface area contributed by atoms with E-state index in [1.807, 2.05) is 31.2 Å². The summed E-state index contributed by atoms with van der Waals surface area (Å²) in [6.07, 6.45) is 3.14.